The Morgan fingerprint density at radius 2 is 2.11 bits per heavy atom. The Bertz CT molecular complexity index is 448. The molecular weight excluding hydrogens is 242 g/mol. The van der Waals surface area contributed by atoms with Crippen LogP contribution in [-0.2, 0) is 4.74 Å². The zero-order chi connectivity index (χ0) is 13.7. The van der Waals surface area contributed by atoms with Crippen LogP contribution in [-0.4, -0.2) is 56.1 Å². The van der Waals surface area contributed by atoms with Crippen molar-refractivity contribution < 1.29 is 9.53 Å². The highest BCUT2D eigenvalue weighted by Crippen LogP contribution is 2.13. The van der Waals surface area contributed by atoms with Crippen molar-refractivity contribution in [3.05, 3.63) is 36.2 Å². The topological polar surface area (TPSA) is 45.7 Å². The summed E-state index contributed by atoms with van der Waals surface area (Å²) < 4.78 is 5.30. The van der Waals surface area contributed by atoms with E-state index in [1.807, 2.05) is 31.1 Å². The molecular formula is C14H19N3O2. The number of pyridine rings is 1. The van der Waals surface area contributed by atoms with Crippen molar-refractivity contribution in [3.8, 4) is 0 Å². The number of ketones is 1. The Hall–Kier alpha value is -1.88. The summed E-state index contributed by atoms with van der Waals surface area (Å²) in [6.45, 7) is 3.16. The van der Waals surface area contributed by atoms with Gasteiger partial charge in [0.15, 0.2) is 5.78 Å². The number of ether oxygens (including phenoxy) is 1. The molecule has 0 radical (unpaired) electrons. The van der Waals surface area contributed by atoms with Gasteiger partial charge in [0.1, 0.15) is 5.82 Å². The smallest absolute Gasteiger partial charge is 0.188 e. The third kappa shape index (κ3) is 3.79. The summed E-state index contributed by atoms with van der Waals surface area (Å²) in [5.74, 6) is 0.867. The number of hydrogen-bond donors (Lipinski definition) is 0. The molecule has 19 heavy (non-hydrogen) atoms. The van der Waals surface area contributed by atoms with E-state index in [4.69, 9.17) is 4.74 Å². The van der Waals surface area contributed by atoms with Crippen LogP contribution in [0.15, 0.2) is 30.6 Å². The predicted octanol–water partition coefficient (Wildman–Crippen LogP) is 1.18. The fourth-order valence-corrected chi connectivity index (χ4v) is 1.82. The van der Waals surface area contributed by atoms with E-state index in [1.165, 1.54) is 0 Å². The van der Waals surface area contributed by atoms with Crippen molar-refractivity contribution in [3.63, 3.8) is 0 Å². The van der Waals surface area contributed by atoms with E-state index in [-0.39, 0.29) is 5.78 Å². The molecule has 5 nitrogen and oxygen atoms in total. The minimum Gasteiger partial charge on any atom is -0.383 e. The molecule has 2 rings (SSSR count). The molecule has 1 fully saturated rings. The first-order chi connectivity index (χ1) is 9.16. The van der Waals surface area contributed by atoms with Crippen molar-refractivity contribution in [2.75, 3.05) is 45.3 Å². The quantitative estimate of drug-likeness (QED) is 0.601. The maximum Gasteiger partial charge on any atom is 0.188 e. The molecule has 102 valence electrons. The molecule has 1 aliphatic heterocycles. The van der Waals surface area contributed by atoms with Crippen molar-refractivity contribution >= 4 is 11.6 Å². The van der Waals surface area contributed by atoms with E-state index >= 15 is 0 Å². The van der Waals surface area contributed by atoms with E-state index in [2.05, 4.69) is 9.88 Å². The Kier molecular flexibility index (Phi) is 4.52. The van der Waals surface area contributed by atoms with Crippen LogP contribution in [0, 0.1) is 0 Å². The molecule has 0 unspecified atom stereocenters. The predicted molar refractivity (Wildman–Crippen MR) is 74.4 cm³/mol. The summed E-state index contributed by atoms with van der Waals surface area (Å²) in [7, 11) is 3.76. The Morgan fingerprint density at radius 1 is 1.37 bits per heavy atom. The lowest BCUT2D eigenvalue weighted by Gasteiger charge is -2.27. The van der Waals surface area contributed by atoms with E-state index in [9.17, 15) is 4.79 Å². The van der Waals surface area contributed by atoms with Crippen molar-refractivity contribution in [1.82, 2.24) is 9.88 Å². The van der Waals surface area contributed by atoms with Crippen molar-refractivity contribution in [2.24, 2.45) is 0 Å². The van der Waals surface area contributed by atoms with Crippen LogP contribution in [0.25, 0.3) is 0 Å². The largest absolute Gasteiger partial charge is 0.383 e. The lowest BCUT2D eigenvalue weighted by molar-refractivity contribution is 0.104. The number of anilines is 1. The molecule has 0 atom stereocenters. The van der Waals surface area contributed by atoms with Gasteiger partial charge in [0.2, 0.25) is 0 Å². The molecule has 2 heterocycles. The van der Waals surface area contributed by atoms with Gasteiger partial charge in [-0.05, 0) is 12.1 Å². The van der Waals surface area contributed by atoms with Crippen LogP contribution in [0.5, 0.6) is 0 Å². The summed E-state index contributed by atoms with van der Waals surface area (Å²) in [4.78, 5) is 20.2. The molecule has 1 aromatic heterocycles. The summed E-state index contributed by atoms with van der Waals surface area (Å²) in [5.41, 5.74) is 0.607. The fraction of sp³-hybridized carbons (Fsp3) is 0.429. The highest BCUT2D eigenvalue weighted by molar-refractivity contribution is 6.04. The molecule has 0 spiro atoms. The van der Waals surface area contributed by atoms with Crippen LogP contribution in [0.1, 0.15) is 10.4 Å². The number of aromatic nitrogens is 1. The number of morpholine rings is 1. The number of nitrogens with zero attached hydrogens (tertiary/aromatic N) is 3. The SMILES string of the molecule is CN(C)C=CC(=O)c1ccc(N2CCOCC2)nc1. The second-order valence-electron chi connectivity index (χ2n) is 4.65. The first kappa shape index (κ1) is 13.5. The number of rotatable bonds is 4. The van der Waals surface area contributed by atoms with Gasteiger partial charge in [-0.2, -0.15) is 0 Å². The fourth-order valence-electron chi connectivity index (χ4n) is 1.82. The second kappa shape index (κ2) is 6.33. The zero-order valence-corrected chi connectivity index (χ0v) is 11.4. The standard InChI is InChI=1S/C14H19N3O2/c1-16(2)6-5-13(18)12-3-4-14(15-11-12)17-7-9-19-10-8-17/h3-6,11H,7-10H2,1-2H3. The van der Waals surface area contributed by atoms with Gasteiger partial charge in [0.05, 0.1) is 13.2 Å². The lowest BCUT2D eigenvalue weighted by Crippen LogP contribution is -2.36. The zero-order valence-electron chi connectivity index (χ0n) is 11.4. The third-order valence-electron chi connectivity index (χ3n) is 2.89. The molecule has 0 aliphatic carbocycles. The number of carbonyl (C=O) groups is 1. The van der Waals surface area contributed by atoms with Gasteiger partial charge < -0.3 is 14.5 Å². The molecule has 5 heteroatoms. The summed E-state index contributed by atoms with van der Waals surface area (Å²) in [6, 6.07) is 3.71. The van der Waals surface area contributed by atoms with E-state index in [0.29, 0.717) is 5.56 Å². The highest BCUT2D eigenvalue weighted by atomic mass is 16.5. The summed E-state index contributed by atoms with van der Waals surface area (Å²) >= 11 is 0. The third-order valence-corrected chi connectivity index (χ3v) is 2.89. The monoisotopic (exact) mass is 261 g/mol. The minimum atomic E-state index is -0.0327. The molecule has 1 saturated heterocycles. The van der Waals surface area contributed by atoms with Crippen LogP contribution < -0.4 is 4.90 Å². The molecule has 0 bridgehead atoms. The summed E-state index contributed by atoms with van der Waals surface area (Å²) in [6.07, 6.45) is 4.91. The second-order valence-corrected chi connectivity index (χ2v) is 4.65. The Labute approximate surface area is 113 Å². The summed E-state index contributed by atoms with van der Waals surface area (Å²) in [5, 5.41) is 0. The van der Waals surface area contributed by atoms with Crippen molar-refractivity contribution in [2.45, 2.75) is 0 Å². The Balaban J connectivity index is 2.03. The maximum absolute atomic E-state index is 11.8. The minimum absolute atomic E-state index is 0.0327. The molecule has 0 N–H and O–H groups in total. The normalized spacial score (nSPS) is 15.8. The van der Waals surface area contributed by atoms with Gasteiger partial charge >= 0.3 is 0 Å². The number of carbonyl (C=O) groups excluding carboxylic acids is 1. The Morgan fingerprint density at radius 3 is 2.68 bits per heavy atom. The van der Waals surface area contributed by atoms with E-state index in [1.54, 1.807) is 18.5 Å². The number of allylic oxidation sites excluding steroid dienone is 1. The van der Waals surface area contributed by atoms with Crippen LogP contribution in [0.3, 0.4) is 0 Å². The molecule has 0 amide bonds. The van der Waals surface area contributed by atoms with Crippen LogP contribution in [0.2, 0.25) is 0 Å². The maximum atomic E-state index is 11.8. The first-order valence-corrected chi connectivity index (χ1v) is 6.34. The van der Waals surface area contributed by atoms with Gasteiger partial charge in [0.25, 0.3) is 0 Å². The number of hydrogen-bond acceptors (Lipinski definition) is 5. The van der Waals surface area contributed by atoms with Gasteiger partial charge in [0, 0.05) is 51.2 Å². The average Bonchev–Trinajstić information content (AvgIpc) is 2.46. The highest BCUT2D eigenvalue weighted by Gasteiger charge is 2.12. The van der Waals surface area contributed by atoms with Gasteiger partial charge in [-0.15, -0.1) is 0 Å². The molecule has 0 aromatic carbocycles. The van der Waals surface area contributed by atoms with Crippen LogP contribution >= 0.6 is 0 Å². The molecule has 1 aliphatic rings. The molecule has 1 aromatic rings. The first-order valence-electron chi connectivity index (χ1n) is 6.34. The van der Waals surface area contributed by atoms with Gasteiger partial charge in [-0.1, -0.05) is 0 Å². The van der Waals surface area contributed by atoms with E-state index < -0.39 is 0 Å². The van der Waals surface area contributed by atoms with Crippen molar-refractivity contribution in [1.29, 1.82) is 0 Å². The van der Waals surface area contributed by atoms with Crippen LogP contribution in [0.4, 0.5) is 5.82 Å². The lowest BCUT2D eigenvalue weighted by atomic mass is 10.2. The average molecular weight is 261 g/mol. The molecule has 0 saturated carbocycles. The van der Waals surface area contributed by atoms with E-state index in [0.717, 1.165) is 32.1 Å². The van der Waals surface area contributed by atoms with Gasteiger partial charge in [-0.25, -0.2) is 4.98 Å². The van der Waals surface area contributed by atoms with Gasteiger partial charge in [-0.3, -0.25) is 4.79 Å².